The summed E-state index contributed by atoms with van der Waals surface area (Å²) >= 11 is 0. The highest BCUT2D eigenvalue weighted by Gasteiger charge is 2.17. The molecule has 1 rings (SSSR count). The van der Waals surface area contributed by atoms with E-state index >= 15 is 0 Å². The second kappa shape index (κ2) is 4.77. The summed E-state index contributed by atoms with van der Waals surface area (Å²) in [6.07, 6.45) is 0. The van der Waals surface area contributed by atoms with E-state index in [4.69, 9.17) is 5.73 Å². The van der Waals surface area contributed by atoms with Gasteiger partial charge in [0.1, 0.15) is 0 Å². The maximum Gasteiger partial charge on any atom is 0.226 e. The van der Waals surface area contributed by atoms with Crippen molar-refractivity contribution in [2.75, 3.05) is 20.6 Å². The van der Waals surface area contributed by atoms with Gasteiger partial charge in [-0.25, -0.2) is 0 Å². The van der Waals surface area contributed by atoms with Crippen molar-refractivity contribution in [3.8, 4) is 0 Å². The third-order valence-electron chi connectivity index (χ3n) is 2.09. The average molecular weight is 192 g/mol. The van der Waals surface area contributed by atoms with Gasteiger partial charge in [-0.05, 0) is 19.7 Å². The molecule has 0 fully saturated rings. The first-order valence-electron chi connectivity index (χ1n) is 4.60. The predicted molar refractivity (Wildman–Crippen MR) is 56.9 cm³/mol. The molecule has 76 valence electrons. The van der Waals surface area contributed by atoms with Gasteiger partial charge in [0.05, 0.1) is 5.92 Å². The number of hydrogen-bond acceptors (Lipinski definition) is 2. The number of carbonyl (C=O) groups is 1. The van der Waals surface area contributed by atoms with Crippen LogP contribution in [0.2, 0.25) is 0 Å². The first kappa shape index (κ1) is 10.7. The van der Waals surface area contributed by atoms with Gasteiger partial charge in [-0.15, -0.1) is 0 Å². The molecule has 1 amide bonds. The minimum Gasteiger partial charge on any atom is -0.369 e. The van der Waals surface area contributed by atoms with E-state index < -0.39 is 0 Å². The molecule has 14 heavy (non-hydrogen) atoms. The summed E-state index contributed by atoms with van der Waals surface area (Å²) < 4.78 is 0. The van der Waals surface area contributed by atoms with Gasteiger partial charge in [0.2, 0.25) is 5.91 Å². The maximum atomic E-state index is 11.2. The lowest BCUT2D eigenvalue weighted by Crippen LogP contribution is -2.30. The zero-order chi connectivity index (χ0) is 10.6. The third kappa shape index (κ3) is 2.85. The molecule has 0 saturated heterocycles. The van der Waals surface area contributed by atoms with Crippen LogP contribution in [0.5, 0.6) is 0 Å². The fourth-order valence-corrected chi connectivity index (χ4v) is 1.41. The Hall–Kier alpha value is -1.35. The molecule has 0 aliphatic carbocycles. The van der Waals surface area contributed by atoms with Crippen molar-refractivity contribution in [1.29, 1.82) is 0 Å². The van der Waals surface area contributed by atoms with Gasteiger partial charge < -0.3 is 10.6 Å². The highest BCUT2D eigenvalue weighted by molar-refractivity contribution is 5.82. The van der Waals surface area contributed by atoms with Crippen LogP contribution in [0.25, 0.3) is 0 Å². The van der Waals surface area contributed by atoms with Gasteiger partial charge in [-0.2, -0.15) is 0 Å². The lowest BCUT2D eigenvalue weighted by atomic mass is 9.98. The molecule has 1 aromatic carbocycles. The van der Waals surface area contributed by atoms with Gasteiger partial charge in [0, 0.05) is 6.54 Å². The largest absolute Gasteiger partial charge is 0.369 e. The monoisotopic (exact) mass is 192 g/mol. The molecule has 0 heterocycles. The molecule has 0 saturated carbocycles. The summed E-state index contributed by atoms with van der Waals surface area (Å²) in [5.74, 6) is -0.490. The highest BCUT2D eigenvalue weighted by atomic mass is 16.1. The summed E-state index contributed by atoms with van der Waals surface area (Å²) in [5, 5.41) is 0. The summed E-state index contributed by atoms with van der Waals surface area (Å²) in [6, 6.07) is 9.62. The van der Waals surface area contributed by atoms with Crippen LogP contribution in [0.4, 0.5) is 0 Å². The number of primary amides is 1. The SMILES string of the molecule is CN(C)C[C@@H](C(N)=O)c1ccccc1. The van der Waals surface area contributed by atoms with Crippen LogP contribution >= 0.6 is 0 Å². The summed E-state index contributed by atoms with van der Waals surface area (Å²) in [4.78, 5) is 13.2. The molecule has 1 atom stereocenters. The fraction of sp³-hybridized carbons (Fsp3) is 0.364. The topological polar surface area (TPSA) is 46.3 Å². The van der Waals surface area contributed by atoms with E-state index in [0.717, 1.165) is 5.56 Å². The Morgan fingerprint density at radius 1 is 1.36 bits per heavy atom. The third-order valence-corrected chi connectivity index (χ3v) is 2.09. The number of benzene rings is 1. The molecule has 0 bridgehead atoms. The summed E-state index contributed by atoms with van der Waals surface area (Å²) in [7, 11) is 3.86. The molecule has 2 N–H and O–H groups in total. The number of carbonyl (C=O) groups excluding carboxylic acids is 1. The molecular formula is C11H16N2O. The van der Waals surface area contributed by atoms with Gasteiger partial charge in [0.15, 0.2) is 0 Å². The molecule has 0 spiro atoms. The molecule has 0 aromatic heterocycles. The lowest BCUT2D eigenvalue weighted by molar-refractivity contribution is -0.119. The van der Waals surface area contributed by atoms with Crippen molar-refractivity contribution in [2.24, 2.45) is 5.73 Å². The number of amides is 1. The molecule has 3 heteroatoms. The zero-order valence-electron chi connectivity index (χ0n) is 8.60. The Bertz CT molecular complexity index is 295. The van der Waals surface area contributed by atoms with E-state index in [0.29, 0.717) is 6.54 Å². The number of rotatable bonds is 4. The second-order valence-corrected chi connectivity index (χ2v) is 3.63. The number of hydrogen-bond donors (Lipinski definition) is 1. The molecule has 1 aromatic rings. The molecular weight excluding hydrogens is 176 g/mol. The van der Waals surface area contributed by atoms with Crippen molar-refractivity contribution in [1.82, 2.24) is 4.90 Å². The Labute approximate surface area is 84.5 Å². The van der Waals surface area contributed by atoms with Crippen LogP contribution in [-0.4, -0.2) is 31.4 Å². The van der Waals surface area contributed by atoms with Crippen LogP contribution in [0.1, 0.15) is 11.5 Å². The number of nitrogens with zero attached hydrogens (tertiary/aromatic N) is 1. The average Bonchev–Trinajstić information content (AvgIpc) is 2.15. The Morgan fingerprint density at radius 2 is 1.93 bits per heavy atom. The standard InChI is InChI=1S/C11H16N2O/c1-13(2)8-10(11(12)14)9-6-4-3-5-7-9/h3-7,10H,8H2,1-2H3,(H2,12,14)/t10-/m1/s1. The van der Waals surface area contributed by atoms with E-state index in [2.05, 4.69) is 0 Å². The molecule has 3 nitrogen and oxygen atoms in total. The summed E-state index contributed by atoms with van der Waals surface area (Å²) in [5.41, 5.74) is 6.33. The normalized spacial score (nSPS) is 12.8. The van der Waals surface area contributed by atoms with Crippen LogP contribution in [0, 0.1) is 0 Å². The van der Waals surface area contributed by atoms with Gasteiger partial charge in [0.25, 0.3) is 0 Å². The van der Waals surface area contributed by atoms with Crippen LogP contribution in [0.15, 0.2) is 30.3 Å². The van der Waals surface area contributed by atoms with Crippen molar-refractivity contribution < 1.29 is 4.79 Å². The van der Waals surface area contributed by atoms with Crippen molar-refractivity contribution in [2.45, 2.75) is 5.92 Å². The fourth-order valence-electron chi connectivity index (χ4n) is 1.41. The minimum absolute atomic E-state index is 0.216. The Kier molecular flexibility index (Phi) is 3.65. The molecule has 0 radical (unpaired) electrons. The Balaban J connectivity index is 2.84. The van der Waals surface area contributed by atoms with E-state index in [9.17, 15) is 4.79 Å². The molecule has 0 aliphatic rings. The zero-order valence-corrected chi connectivity index (χ0v) is 8.60. The number of likely N-dealkylation sites (N-methyl/N-ethyl adjacent to an activating group) is 1. The first-order chi connectivity index (χ1) is 6.61. The lowest BCUT2D eigenvalue weighted by Gasteiger charge is -2.18. The van der Waals surface area contributed by atoms with Gasteiger partial charge >= 0.3 is 0 Å². The molecule has 0 aliphatic heterocycles. The number of nitrogens with two attached hydrogens (primary N) is 1. The maximum absolute atomic E-state index is 11.2. The van der Waals surface area contributed by atoms with Gasteiger partial charge in [-0.3, -0.25) is 4.79 Å². The van der Waals surface area contributed by atoms with E-state index in [1.807, 2.05) is 49.3 Å². The first-order valence-corrected chi connectivity index (χ1v) is 4.60. The smallest absolute Gasteiger partial charge is 0.226 e. The van der Waals surface area contributed by atoms with Crippen molar-refractivity contribution in [3.63, 3.8) is 0 Å². The van der Waals surface area contributed by atoms with Crippen LogP contribution in [0.3, 0.4) is 0 Å². The van der Waals surface area contributed by atoms with Gasteiger partial charge in [-0.1, -0.05) is 30.3 Å². The van der Waals surface area contributed by atoms with Crippen molar-refractivity contribution in [3.05, 3.63) is 35.9 Å². The minimum atomic E-state index is -0.273. The molecule has 0 unspecified atom stereocenters. The quantitative estimate of drug-likeness (QED) is 0.767. The Morgan fingerprint density at radius 3 is 2.36 bits per heavy atom. The highest BCUT2D eigenvalue weighted by Crippen LogP contribution is 2.15. The second-order valence-electron chi connectivity index (χ2n) is 3.63. The van der Waals surface area contributed by atoms with Crippen LogP contribution < -0.4 is 5.73 Å². The van der Waals surface area contributed by atoms with E-state index in [1.165, 1.54) is 0 Å². The predicted octanol–water partition coefficient (Wildman–Crippen LogP) is 0.817. The van der Waals surface area contributed by atoms with E-state index in [-0.39, 0.29) is 11.8 Å². The van der Waals surface area contributed by atoms with E-state index in [1.54, 1.807) is 0 Å². The summed E-state index contributed by atoms with van der Waals surface area (Å²) in [6.45, 7) is 0.652. The van der Waals surface area contributed by atoms with Crippen molar-refractivity contribution >= 4 is 5.91 Å². The van der Waals surface area contributed by atoms with Crippen LogP contribution in [-0.2, 0) is 4.79 Å².